The van der Waals surface area contributed by atoms with E-state index in [1.807, 2.05) is 6.08 Å². The smallest absolute Gasteiger partial charge is 0.175 e. The van der Waals surface area contributed by atoms with Crippen molar-refractivity contribution < 1.29 is 8.42 Å². The van der Waals surface area contributed by atoms with Gasteiger partial charge < -0.3 is 0 Å². The van der Waals surface area contributed by atoms with Gasteiger partial charge in [-0.2, -0.15) is 0 Å². The van der Waals surface area contributed by atoms with Gasteiger partial charge in [0.15, 0.2) is 9.84 Å². The van der Waals surface area contributed by atoms with E-state index in [-0.39, 0.29) is 6.04 Å². The topological polar surface area (TPSA) is 72.2 Å². The summed E-state index contributed by atoms with van der Waals surface area (Å²) >= 11 is 0. The molecule has 17 heavy (non-hydrogen) atoms. The van der Waals surface area contributed by atoms with Gasteiger partial charge in [0.05, 0.1) is 4.90 Å². The van der Waals surface area contributed by atoms with Crippen LogP contribution in [0.2, 0.25) is 0 Å². The number of hydrogen-bond donors (Lipinski definition) is 2. The Bertz CT molecular complexity index is 466. The lowest BCUT2D eigenvalue weighted by Crippen LogP contribution is -2.27. The van der Waals surface area contributed by atoms with E-state index in [9.17, 15) is 8.42 Å². The first-order valence-electron chi connectivity index (χ1n) is 5.36. The van der Waals surface area contributed by atoms with Crippen molar-refractivity contribution in [1.29, 1.82) is 0 Å². The van der Waals surface area contributed by atoms with E-state index in [4.69, 9.17) is 5.84 Å². The van der Waals surface area contributed by atoms with Gasteiger partial charge >= 0.3 is 0 Å². The van der Waals surface area contributed by atoms with Crippen LogP contribution in [-0.2, 0) is 9.84 Å². The number of hydrogen-bond acceptors (Lipinski definition) is 4. The normalized spacial score (nSPS) is 13.3. The van der Waals surface area contributed by atoms with Crippen molar-refractivity contribution in [1.82, 2.24) is 5.43 Å². The summed E-state index contributed by atoms with van der Waals surface area (Å²) in [4.78, 5) is 0.320. The zero-order chi connectivity index (χ0) is 12.9. The first kappa shape index (κ1) is 13.9. The molecule has 5 heteroatoms. The maximum Gasteiger partial charge on any atom is 0.175 e. The number of nitrogens with two attached hydrogens (primary N) is 1. The van der Waals surface area contributed by atoms with E-state index in [0.717, 1.165) is 18.4 Å². The second-order valence-electron chi connectivity index (χ2n) is 3.93. The van der Waals surface area contributed by atoms with Gasteiger partial charge in [0.1, 0.15) is 0 Å². The van der Waals surface area contributed by atoms with Crippen LogP contribution < -0.4 is 11.3 Å². The minimum Gasteiger partial charge on any atom is -0.271 e. The van der Waals surface area contributed by atoms with Crippen LogP contribution in [0.1, 0.15) is 24.4 Å². The van der Waals surface area contributed by atoms with Crippen LogP contribution in [0.4, 0.5) is 0 Å². The molecule has 0 heterocycles. The average molecular weight is 254 g/mol. The first-order valence-corrected chi connectivity index (χ1v) is 7.25. The first-order chi connectivity index (χ1) is 7.99. The van der Waals surface area contributed by atoms with Crippen molar-refractivity contribution in [2.45, 2.75) is 23.8 Å². The van der Waals surface area contributed by atoms with Crippen LogP contribution in [0.25, 0.3) is 0 Å². The predicted molar refractivity (Wildman–Crippen MR) is 69.0 cm³/mol. The Labute approximate surface area is 102 Å². The molecule has 0 saturated carbocycles. The number of rotatable bonds is 6. The fraction of sp³-hybridized carbons (Fsp3) is 0.333. The second-order valence-corrected chi connectivity index (χ2v) is 5.94. The highest BCUT2D eigenvalue weighted by atomic mass is 32.2. The lowest BCUT2D eigenvalue weighted by Gasteiger charge is -2.15. The maximum absolute atomic E-state index is 11.3. The second kappa shape index (κ2) is 5.95. The van der Waals surface area contributed by atoms with E-state index in [0.29, 0.717) is 4.90 Å². The molecular formula is C12H18N2O2S. The largest absolute Gasteiger partial charge is 0.271 e. The summed E-state index contributed by atoms with van der Waals surface area (Å²) in [5, 5.41) is 0. The fourth-order valence-electron chi connectivity index (χ4n) is 1.58. The van der Waals surface area contributed by atoms with E-state index in [1.165, 1.54) is 6.26 Å². The van der Waals surface area contributed by atoms with Gasteiger partial charge in [-0.3, -0.25) is 11.3 Å². The third-order valence-corrected chi connectivity index (χ3v) is 3.70. The van der Waals surface area contributed by atoms with Crippen molar-refractivity contribution in [3.63, 3.8) is 0 Å². The molecule has 1 rings (SSSR count). The highest BCUT2D eigenvalue weighted by molar-refractivity contribution is 7.90. The minimum atomic E-state index is -3.14. The Morgan fingerprint density at radius 1 is 1.41 bits per heavy atom. The number of benzene rings is 1. The summed E-state index contributed by atoms with van der Waals surface area (Å²) in [6.07, 6.45) is 4.70. The van der Waals surface area contributed by atoms with Gasteiger partial charge in [-0.05, 0) is 30.5 Å². The SMILES string of the molecule is C=CCCC(NN)c1ccc(S(C)(=O)=O)cc1. The minimum absolute atomic E-state index is 0.0154. The molecule has 1 unspecified atom stereocenters. The molecule has 0 aliphatic rings. The molecule has 1 aromatic rings. The standard InChI is InChI=1S/C12H18N2O2S/c1-3-4-5-12(14-13)10-6-8-11(9-7-10)17(2,15)16/h3,6-9,12,14H,1,4-5,13H2,2H3. The molecule has 0 spiro atoms. The van der Waals surface area contributed by atoms with E-state index < -0.39 is 9.84 Å². The Morgan fingerprint density at radius 2 is 2.00 bits per heavy atom. The molecule has 94 valence electrons. The molecule has 3 N–H and O–H groups in total. The van der Waals surface area contributed by atoms with E-state index in [2.05, 4.69) is 12.0 Å². The number of allylic oxidation sites excluding steroid dienone is 1. The van der Waals surface area contributed by atoms with Crippen molar-refractivity contribution in [3.05, 3.63) is 42.5 Å². The molecule has 1 atom stereocenters. The van der Waals surface area contributed by atoms with Crippen LogP contribution in [0, 0.1) is 0 Å². The molecule has 0 aliphatic carbocycles. The molecule has 1 aromatic carbocycles. The summed E-state index contributed by atoms with van der Waals surface area (Å²) in [7, 11) is -3.14. The summed E-state index contributed by atoms with van der Waals surface area (Å²) in [5.41, 5.74) is 3.69. The Kier molecular flexibility index (Phi) is 4.86. The third kappa shape index (κ3) is 3.96. The van der Waals surface area contributed by atoms with Gasteiger partial charge in [0, 0.05) is 12.3 Å². The highest BCUT2D eigenvalue weighted by Gasteiger charge is 2.11. The van der Waals surface area contributed by atoms with Crippen LogP contribution in [0.3, 0.4) is 0 Å². The van der Waals surface area contributed by atoms with Crippen molar-refractivity contribution >= 4 is 9.84 Å². The number of nitrogens with one attached hydrogen (secondary N) is 1. The zero-order valence-corrected chi connectivity index (χ0v) is 10.7. The third-order valence-electron chi connectivity index (χ3n) is 2.57. The van der Waals surface area contributed by atoms with Gasteiger partial charge in [0.25, 0.3) is 0 Å². The molecule has 0 bridgehead atoms. The molecule has 0 amide bonds. The van der Waals surface area contributed by atoms with Crippen LogP contribution in [-0.4, -0.2) is 14.7 Å². The Balaban J connectivity index is 2.88. The Morgan fingerprint density at radius 3 is 2.41 bits per heavy atom. The zero-order valence-electron chi connectivity index (χ0n) is 9.89. The van der Waals surface area contributed by atoms with Crippen LogP contribution in [0.15, 0.2) is 41.8 Å². The molecule has 0 radical (unpaired) electrons. The average Bonchev–Trinajstić information content (AvgIpc) is 2.29. The summed E-state index contributed by atoms with van der Waals surface area (Å²) in [6.45, 7) is 3.66. The fourth-order valence-corrected chi connectivity index (χ4v) is 2.21. The number of hydrazine groups is 1. The van der Waals surface area contributed by atoms with E-state index in [1.54, 1.807) is 24.3 Å². The van der Waals surface area contributed by atoms with E-state index >= 15 is 0 Å². The quantitative estimate of drug-likeness (QED) is 0.459. The lowest BCUT2D eigenvalue weighted by molar-refractivity contribution is 0.520. The summed E-state index contributed by atoms with van der Waals surface area (Å²) < 4.78 is 22.6. The Hall–Kier alpha value is -1.17. The van der Waals surface area contributed by atoms with Crippen molar-refractivity contribution in [3.8, 4) is 0 Å². The maximum atomic E-state index is 11.3. The molecular weight excluding hydrogens is 236 g/mol. The predicted octanol–water partition coefficient (Wildman–Crippen LogP) is 1.56. The van der Waals surface area contributed by atoms with Crippen LogP contribution >= 0.6 is 0 Å². The molecule has 0 saturated heterocycles. The van der Waals surface area contributed by atoms with Crippen molar-refractivity contribution in [2.24, 2.45) is 5.84 Å². The molecule has 0 aliphatic heterocycles. The van der Waals surface area contributed by atoms with Gasteiger partial charge in [0.2, 0.25) is 0 Å². The lowest BCUT2D eigenvalue weighted by atomic mass is 10.0. The van der Waals surface area contributed by atoms with Crippen LogP contribution in [0.5, 0.6) is 0 Å². The molecule has 4 nitrogen and oxygen atoms in total. The summed E-state index contributed by atoms with van der Waals surface area (Å²) in [5.74, 6) is 5.47. The van der Waals surface area contributed by atoms with Gasteiger partial charge in [-0.15, -0.1) is 6.58 Å². The van der Waals surface area contributed by atoms with Crippen molar-refractivity contribution in [2.75, 3.05) is 6.26 Å². The molecule has 0 fully saturated rings. The van der Waals surface area contributed by atoms with Gasteiger partial charge in [-0.1, -0.05) is 18.2 Å². The number of sulfone groups is 1. The van der Waals surface area contributed by atoms with Gasteiger partial charge in [-0.25, -0.2) is 8.42 Å². The monoisotopic (exact) mass is 254 g/mol. The molecule has 0 aromatic heterocycles. The highest BCUT2D eigenvalue weighted by Crippen LogP contribution is 2.19. The summed E-state index contributed by atoms with van der Waals surface area (Å²) in [6, 6.07) is 6.78.